The standard InChI is InChI=1S/C29H28N2O7/c1-36-20-7-8-24-19(11-20)12-23(29(35)30-24)22(14-26(33)37-2)28-27(34)25(32)13-21(38-28)16-31-10-9-17-5-3-4-6-18(17)15-31/h3-8,11-13,22,34H,9-10,14-16H2,1-2H3,(H,30,35)/t22-/m0/s1. The number of nitrogens with one attached hydrogen (secondary N) is 1. The van der Waals surface area contributed by atoms with Crippen LogP contribution in [0.2, 0.25) is 0 Å². The smallest absolute Gasteiger partial charge is 0.306 e. The summed E-state index contributed by atoms with van der Waals surface area (Å²) in [5, 5.41) is 11.4. The summed E-state index contributed by atoms with van der Waals surface area (Å²) in [6.45, 7) is 1.79. The van der Waals surface area contributed by atoms with Crippen LogP contribution in [0.15, 0.2) is 68.6 Å². The third kappa shape index (κ3) is 5.05. The van der Waals surface area contributed by atoms with Gasteiger partial charge in [-0.15, -0.1) is 0 Å². The molecule has 3 heterocycles. The van der Waals surface area contributed by atoms with Crippen LogP contribution in [0.25, 0.3) is 10.9 Å². The molecule has 0 bridgehead atoms. The molecule has 2 N–H and O–H groups in total. The van der Waals surface area contributed by atoms with E-state index in [1.54, 1.807) is 24.3 Å². The Hall–Kier alpha value is -4.37. The molecular weight excluding hydrogens is 488 g/mol. The SMILES string of the molecule is COC(=O)C[C@H](c1oc(CN2CCc3ccccc3C2)cc(=O)c1O)c1cc2cc(OC)ccc2[nH]c1=O. The van der Waals surface area contributed by atoms with Gasteiger partial charge >= 0.3 is 5.97 Å². The third-order valence-electron chi connectivity index (χ3n) is 6.96. The van der Waals surface area contributed by atoms with Crippen molar-refractivity contribution in [2.45, 2.75) is 31.8 Å². The number of hydrogen-bond acceptors (Lipinski definition) is 8. The number of carbonyl (C=O) groups is 1. The predicted octanol–water partition coefficient (Wildman–Crippen LogP) is 3.45. The minimum atomic E-state index is -1.06. The van der Waals surface area contributed by atoms with Crippen molar-refractivity contribution in [2.24, 2.45) is 0 Å². The van der Waals surface area contributed by atoms with Crippen molar-refractivity contribution in [3.8, 4) is 11.5 Å². The summed E-state index contributed by atoms with van der Waals surface area (Å²) in [4.78, 5) is 43.3. The number of pyridine rings is 1. The normalized spacial score (nSPS) is 14.2. The lowest BCUT2D eigenvalue weighted by Gasteiger charge is -2.28. The summed E-state index contributed by atoms with van der Waals surface area (Å²) in [6, 6.07) is 16.2. The van der Waals surface area contributed by atoms with E-state index in [0.717, 1.165) is 13.0 Å². The topological polar surface area (TPSA) is 122 Å². The summed E-state index contributed by atoms with van der Waals surface area (Å²) in [5.74, 6) is -1.56. The monoisotopic (exact) mass is 516 g/mol. The minimum absolute atomic E-state index is 0.150. The summed E-state index contributed by atoms with van der Waals surface area (Å²) in [6.07, 6.45) is 0.554. The predicted molar refractivity (Wildman–Crippen MR) is 140 cm³/mol. The van der Waals surface area contributed by atoms with Crippen LogP contribution >= 0.6 is 0 Å². The highest BCUT2D eigenvalue weighted by atomic mass is 16.5. The molecule has 2 aromatic heterocycles. The van der Waals surface area contributed by atoms with E-state index in [9.17, 15) is 19.5 Å². The maximum atomic E-state index is 13.1. The van der Waals surface area contributed by atoms with Crippen molar-refractivity contribution < 1.29 is 23.8 Å². The Kier molecular flexibility index (Phi) is 7.02. The van der Waals surface area contributed by atoms with Gasteiger partial charge in [-0.05, 0) is 41.8 Å². The molecule has 9 heteroatoms. The number of benzene rings is 2. The van der Waals surface area contributed by atoms with Crippen LogP contribution in [-0.2, 0) is 29.0 Å². The van der Waals surface area contributed by atoms with Crippen molar-refractivity contribution in [1.82, 2.24) is 9.88 Å². The maximum absolute atomic E-state index is 13.1. The van der Waals surface area contributed by atoms with Gasteiger partial charge in [0.15, 0.2) is 5.76 Å². The molecule has 0 saturated heterocycles. The van der Waals surface area contributed by atoms with Crippen LogP contribution < -0.4 is 15.7 Å². The lowest BCUT2D eigenvalue weighted by atomic mass is 9.92. The Morgan fingerprint density at radius 3 is 2.66 bits per heavy atom. The zero-order valence-corrected chi connectivity index (χ0v) is 21.2. The van der Waals surface area contributed by atoms with Gasteiger partial charge in [-0.25, -0.2) is 0 Å². The van der Waals surface area contributed by atoms with Gasteiger partial charge in [0, 0.05) is 35.6 Å². The third-order valence-corrected chi connectivity index (χ3v) is 6.96. The van der Waals surface area contributed by atoms with E-state index in [0.29, 0.717) is 35.5 Å². The second-order valence-electron chi connectivity index (χ2n) is 9.36. The number of aromatic amines is 1. The molecule has 0 unspecified atom stereocenters. The number of methoxy groups -OCH3 is 2. The number of aromatic hydroxyl groups is 1. The first-order valence-electron chi connectivity index (χ1n) is 12.3. The highest BCUT2D eigenvalue weighted by Crippen LogP contribution is 2.34. The molecule has 0 radical (unpaired) electrons. The van der Waals surface area contributed by atoms with E-state index in [4.69, 9.17) is 13.9 Å². The first kappa shape index (κ1) is 25.3. The van der Waals surface area contributed by atoms with E-state index in [1.165, 1.54) is 31.4 Å². The van der Waals surface area contributed by atoms with Crippen LogP contribution in [0.3, 0.4) is 0 Å². The molecule has 5 rings (SSSR count). The van der Waals surface area contributed by atoms with Gasteiger partial charge in [0.05, 0.1) is 33.1 Å². The number of fused-ring (bicyclic) bond motifs is 2. The van der Waals surface area contributed by atoms with Crippen LogP contribution in [0.1, 0.15) is 40.5 Å². The molecule has 4 aromatic rings. The fourth-order valence-corrected chi connectivity index (χ4v) is 4.96. The first-order valence-corrected chi connectivity index (χ1v) is 12.3. The molecule has 0 amide bonds. The molecule has 38 heavy (non-hydrogen) atoms. The average molecular weight is 517 g/mol. The Balaban J connectivity index is 1.56. The second kappa shape index (κ2) is 10.5. The molecule has 1 aliphatic heterocycles. The second-order valence-corrected chi connectivity index (χ2v) is 9.36. The van der Waals surface area contributed by atoms with Crippen molar-refractivity contribution in [1.29, 1.82) is 0 Å². The lowest BCUT2D eigenvalue weighted by Crippen LogP contribution is -2.30. The van der Waals surface area contributed by atoms with Crippen LogP contribution in [0, 0.1) is 0 Å². The molecule has 196 valence electrons. The molecule has 2 aromatic carbocycles. The highest BCUT2D eigenvalue weighted by Gasteiger charge is 2.29. The Bertz CT molecular complexity index is 1620. The van der Waals surface area contributed by atoms with Crippen molar-refractivity contribution in [3.05, 3.63) is 103 Å². The molecule has 0 spiro atoms. The average Bonchev–Trinajstić information content (AvgIpc) is 2.93. The number of esters is 1. The summed E-state index contributed by atoms with van der Waals surface area (Å²) < 4.78 is 16.2. The first-order chi connectivity index (χ1) is 18.4. The number of aromatic nitrogens is 1. The van der Waals surface area contributed by atoms with Gasteiger partial charge < -0.3 is 24.0 Å². The molecule has 1 atom stereocenters. The van der Waals surface area contributed by atoms with Crippen molar-refractivity contribution in [3.63, 3.8) is 0 Å². The van der Waals surface area contributed by atoms with E-state index in [-0.39, 0.29) is 17.7 Å². The van der Waals surface area contributed by atoms with Gasteiger partial charge in [-0.2, -0.15) is 0 Å². The highest BCUT2D eigenvalue weighted by molar-refractivity contribution is 5.81. The van der Waals surface area contributed by atoms with Gasteiger partial charge in [0.2, 0.25) is 11.2 Å². The summed E-state index contributed by atoms with van der Waals surface area (Å²) in [7, 11) is 2.77. The number of carbonyl (C=O) groups excluding carboxylic acids is 1. The quantitative estimate of drug-likeness (QED) is 0.358. The summed E-state index contributed by atoms with van der Waals surface area (Å²) >= 11 is 0. The molecule has 9 nitrogen and oxygen atoms in total. The summed E-state index contributed by atoms with van der Waals surface area (Å²) in [5.41, 5.74) is 2.10. The molecule has 0 aliphatic carbocycles. The van der Waals surface area contributed by atoms with E-state index in [1.807, 2.05) is 12.1 Å². The molecule has 1 aliphatic rings. The number of ether oxygens (including phenoxy) is 2. The molecular formula is C29H28N2O7. The van der Waals surface area contributed by atoms with E-state index < -0.39 is 28.6 Å². The zero-order chi connectivity index (χ0) is 26.8. The van der Waals surface area contributed by atoms with E-state index >= 15 is 0 Å². The number of hydrogen-bond donors (Lipinski definition) is 2. The Labute approximate surface area is 218 Å². The van der Waals surface area contributed by atoms with Crippen LogP contribution in [0.5, 0.6) is 11.5 Å². The number of rotatable bonds is 7. The Morgan fingerprint density at radius 2 is 1.89 bits per heavy atom. The van der Waals surface area contributed by atoms with Gasteiger partial charge in [0.1, 0.15) is 11.5 Å². The van der Waals surface area contributed by atoms with Gasteiger partial charge in [-0.1, -0.05) is 24.3 Å². The van der Waals surface area contributed by atoms with Crippen molar-refractivity contribution in [2.75, 3.05) is 20.8 Å². The largest absolute Gasteiger partial charge is 0.502 e. The minimum Gasteiger partial charge on any atom is -0.502 e. The maximum Gasteiger partial charge on any atom is 0.306 e. The van der Waals surface area contributed by atoms with Crippen LogP contribution in [0.4, 0.5) is 0 Å². The molecule has 0 fully saturated rings. The number of H-pyrrole nitrogens is 1. The number of nitrogens with zero attached hydrogens (tertiary/aromatic N) is 1. The zero-order valence-electron chi connectivity index (χ0n) is 21.2. The fourth-order valence-electron chi connectivity index (χ4n) is 4.96. The van der Waals surface area contributed by atoms with Gasteiger partial charge in [0.25, 0.3) is 5.56 Å². The van der Waals surface area contributed by atoms with Crippen molar-refractivity contribution >= 4 is 16.9 Å². The van der Waals surface area contributed by atoms with E-state index in [2.05, 4.69) is 22.0 Å². The Morgan fingerprint density at radius 1 is 1.11 bits per heavy atom. The van der Waals surface area contributed by atoms with Gasteiger partial charge in [-0.3, -0.25) is 19.3 Å². The van der Waals surface area contributed by atoms with Crippen LogP contribution in [-0.4, -0.2) is 41.7 Å². The molecule has 0 saturated carbocycles. The lowest BCUT2D eigenvalue weighted by molar-refractivity contribution is -0.140. The fraction of sp³-hybridized carbons (Fsp3) is 0.276.